The number of halogens is 1. The standard InChI is InChI=1S/C21H26BrNO3SSi/c1-18-10-12-21(13-11-18)27(25,26)23(17-19(2)22)15-8-6-7-9-20(24)14-16-28(3,4)5/h10-13H,2,7,9,15,17H2,1,3-5H3. The predicted octanol–water partition coefficient (Wildman–Crippen LogP) is 4.13. The molecule has 150 valence electrons. The van der Waals surface area contributed by atoms with E-state index in [1.165, 1.54) is 4.31 Å². The number of nitrogens with zero attached hydrogens (tertiary/aromatic N) is 1. The van der Waals surface area contributed by atoms with Gasteiger partial charge in [-0.05, 0) is 25.0 Å². The summed E-state index contributed by atoms with van der Waals surface area (Å²) in [5, 5.41) is 0. The summed E-state index contributed by atoms with van der Waals surface area (Å²) in [6, 6.07) is 6.68. The first-order valence-electron chi connectivity index (χ1n) is 8.83. The van der Waals surface area contributed by atoms with Crippen molar-refractivity contribution in [3.8, 4) is 23.3 Å². The molecule has 0 fully saturated rings. The van der Waals surface area contributed by atoms with E-state index < -0.39 is 18.1 Å². The Morgan fingerprint density at radius 3 is 2.32 bits per heavy atom. The SMILES string of the molecule is C=C(Br)CN(CC#CCCC(=O)C#C[Si](C)(C)C)S(=O)(=O)c1ccc(C)cc1. The Labute approximate surface area is 178 Å². The van der Waals surface area contributed by atoms with Gasteiger partial charge in [-0.2, -0.15) is 4.31 Å². The number of ketones is 1. The van der Waals surface area contributed by atoms with Gasteiger partial charge in [-0.15, -0.1) is 11.5 Å². The summed E-state index contributed by atoms with van der Waals surface area (Å²) in [4.78, 5) is 12.0. The van der Waals surface area contributed by atoms with E-state index >= 15 is 0 Å². The molecule has 0 aliphatic heterocycles. The normalized spacial score (nSPS) is 11.2. The number of carbonyl (C=O) groups excluding carboxylic acids is 1. The maximum Gasteiger partial charge on any atom is 0.244 e. The molecule has 7 heteroatoms. The van der Waals surface area contributed by atoms with E-state index in [-0.39, 0.29) is 30.2 Å². The quantitative estimate of drug-likeness (QED) is 0.436. The summed E-state index contributed by atoms with van der Waals surface area (Å²) in [5.41, 5.74) is 4.02. The van der Waals surface area contributed by atoms with Crippen LogP contribution in [0.3, 0.4) is 0 Å². The predicted molar refractivity (Wildman–Crippen MR) is 121 cm³/mol. The zero-order valence-corrected chi connectivity index (χ0v) is 20.2. The molecule has 0 radical (unpaired) electrons. The average molecular weight is 481 g/mol. The molecule has 1 aromatic rings. The fourth-order valence-corrected chi connectivity index (χ4v) is 4.33. The monoisotopic (exact) mass is 479 g/mol. The van der Waals surface area contributed by atoms with Crippen LogP contribution in [0.5, 0.6) is 0 Å². The second-order valence-electron chi connectivity index (χ2n) is 7.38. The lowest BCUT2D eigenvalue weighted by atomic mass is 10.2. The topological polar surface area (TPSA) is 54.5 Å². The van der Waals surface area contributed by atoms with Gasteiger partial charge in [0.25, 0.3) is 0 Å². The van der Waals surface area contributed by atoms with Crippen molar-refractivity contribution >= 4 is 39.8 Å². The molecule has 0 aromatic heterocycles. The molecule has 0 N–H and O–H groups in total. The third kappa shape index (κ3) is 9.03. The van der Waals surface area contributed by atoms with Crippen molar-refractivity contribution in [1.82, 2.24) is 4.31 Å². The van der Waals surface area contributed by atoms with Crippen LogP contribution in [-0.2, 0) is 14.8 Å². The molecule has 0 atom stereocenters. The van der Waals surface area contributed by atoms with Crippen LogP contribution in [0.4, 0.5) is 0 Å². The summed E-state index contributed by atoms with van der Waals surface area (Å²) in [6.45, 7) is 12.0. The van der Waals surface area contributed by atoms with Crippen molar-refractivity contribution in [3.05, 3.63) is 40.9 Å². The molecular weight excluding hydrogens is 454 g/mol. The lowest BCUT2D eigenvalue weighted by Gasteiger charge is -2.19. The highest BCUT2D eigenvalue weighted by Crippen LogP contribution is 2.18. The molecule has 0 bridgehead atoms. The number of aryl methyl sites for hydroxylation is 1. The van der Waals surface area contributed by atoms with Crippen molar-refractivity contribution in [3.63, 3.8) is 0 Å². The fourth-order valence-electron chi connectivity index (χ4n) is 2.00. The van der Waals surface area contributed by atoms with Crippen molar-refractivity contribution in [2.24, 2.45) is 0 Å². The molecule has 0 spiro atoms. The summed E-state index contributed by atoms with van der Waals surface area (Å²) in [6.07, 6.45) is 0.604. The molecule has 28 heavy (non-hydrogen) atoms. The minimum Gasteiger partial charge on any atom is -0.285 e. The van der Waals surface area contributed by atoms with E-state index in [0.29, 0.717) is 10.9 Å². The van der Waals surface area contributed by atoms with Gasteiger partial charge in [-0.1, -0.05) is 65.8 Å². The highest BCUT2D eigenvalue weighted by molar-refractivity contribution is 9.11. The molecule has 4 nitrogen and oxygen atoms in total. The third-order valence-electron chi connectivity index (χ3n) is 3.44. The van der Waals surface area contributed by atoms with Crippen LogP contribution in [0.2, 0.25) is 19.6 Å². The average Bonchev–Trinajstić information content (AvgIpc) is 2.58. The Hall–Kier alpha value is -1.64. The molecule has 0 heterocycles. The third-order valence-corrected chi connectivity index (χ3v) is 6.37. The lowest BCUT2D eigenvalue weighted by Crippen LogP contribution is -2.32. The van der Waals surface area contributed by atoms with Gasteiger partial charge in [0.15, 0.2) is 0 Å². The Morgan fingerprint density at radius 2 is 1.79 bits per heavy atom. The summed E-state index contributed by atoms with van der Waals surface area (Å²) >= 11 is 3.22. The van der Waals surface area contributed by atoms with Crippen molar-refractivity contribution < 1.29 is 13.2 Å². The summed E-state index contributed by atoms with van der Waals surface area (Å²) in [7, 11) is -5.25. The molecule has 0 amide bonds. The van der Waals surface area contributed by atoms with Crippen LogP contribution >= 0.6 is 15.9 Å². The maximum absolute atomic E-state index is 12.9. The van der Waals surface area contributed by atoms with Gasteiger partial charge in [0.1, 0.15) is 8.07 Å². The Bertz CT molecular complexity index is 940. The van der Waals surface area contributed by atoms with Crippen LogP contribution in [0.1, 0.15) is 18.4 Å². The fraction of sp³-hybridized carbons (Fsp3) is 0.381. The Kier molecular flexibility index (Phi) is 9.39. The van der Waals surface area contributed by atoms with Crippen molar-refractivity contribution in [2.45, 2.75) is 44.3 Å². The number of hydrogen-bond acceptors (Lipinski definition) is 3. The minimum absolute atomic E-state index is 0.0234. The lowest BCUT2D eigenvalue weighted by molar-refractivity contribution is -0.113. The van der Waals surface area contributed by atoms with Crippen LogP contribution in [-0.4, -0.2) is 39.7 Å². The second-order valence-corrected chi connectivity index (χ2v) is 15.2. The molecule has 0 aliphatic carbocycles. The number of rotatable bonds is 7. The second kappa shape index (κ2) is 10.8. The maximum atomic E-state index is 12.9. The molecule has 0 unspecified atom stereocenters. The van der Waals surface area contributed by atoms with Crippen LogP contribution in [0, 0.1) is 30.2 Å². The van der Waals surface area contributed by atoms with Crippen LogP contribution < -0.4 is 0 Å². The zero-order valence-electron chi connectivity index (χ0n) is 16.8. The smallest absolute Gasteiger partial charge is 0.244 e. The van der Waals surface area contributed by atoms with Gasteiger partial charge >= 0.3 is 0 Å². The van der Waals surface area contributed by atoms with E-state index in [9.17, 15) is 13.2 Å². The van der Waals surface area contributed by atoms with E-state index in [0.717, 1.165) is 5.56 Å². The minimum atomic E-state index is -3.69. The highest BCUT2D eigenvalue weighted by atomic mass is 79.9. The number of carbonyl (C=O) groups is 1. The van der Waals surface area contributed by atoms with E-state index in [2.05, 4.69) is 65.5 Å². The zero-order chi connectivity index (χ0) is 21.4. The largest absolute Gasteiger partial charge is 0.285 e. The van der Waals surface area contributed by atoms with Gasteiger partial charge in [-0.3, -0.25) is 4.79 Å². The molecular formula is C21H26BrNO3SSi. The molecule has 0 saturated heterocycles. The molecule has 1 aromatic carbocycles. The van der Waals surface area contributed by atoms with Crippen LogP contribution in [0.15, 0.2) is 40.2 Å². The highest BCUT2D eigenvalue weighted by Gasteiger charge is 2.23. The Balaban J connectivity index is 2.79. The Morgan fingerprint density at radius 1 is 1.18 bits per heavy atom. The molecule has 0 saturated carbocycles. The molecule has 0 aliphatic rings. The van der Waals surface area contributed by atoms with Gasteiger partial charge in [0, 0.05) is 23.9 Å². The summed E-state index contributed by atoms with van der Waals surface area (Å²) < 4.78 is 27.5. The van der Waals surface area contributed by atoms with Gasteiger partial charge in [0.05, 0.1) is 11.4 Å². The van der Waals surface area contributed by atoms with Crippen LogP contribution in [0.25, 0.3) is 0 Å². The number of benzene rings is 1. The number of sulfonamides is 1. The summed E-state index contributed by atoms with van der Waals surface area (Å²) in [5.74, 6) is 8.27. The van der Waals surface area contributed by atoms with E-state index in [4.69, 9.17) is 0 Å². The number of Topliss-reactive ketones (excluding diaryl/α,β-unsaturated/α-hetero) is 1. The van der Waals surface area contributed by atoms with Gasteiger partial charge in [-0.25, -0.2) is 8.42 Å². The van der Waals surface area contributed by atoms with E-state index in [1.807, 2.05) is 6.92 Å². The van der Waals surface area contributed by atoms with Gasteiger partial charge < -0.3 is 0 Å². The van der Waals surface area contributed by atoms with Crippen molar-refractivity contribution in [2.75, 3.05) is 13.1 Å². The number of hydrogen-bond donors (Lipinski definition) is 0. The molecule has 1 rings (SSSR count). The first-order chi connectivity index (χ1) is 12.9. The van der Waals surface area contributed by atoms with Gasteiger partial charge in [0.2, 0.25) is 15.8 Å². The first-order valence-corrected chi connectivity index (χ1v) is 14.6. The van der Waals surface area contributed by atoms with Crippen molar-refractivity contribution in [1.29, 1.82) is 0 Å². The first kappa shape index (κ1) is 24.4. The van der Waals surface area contributed by atoms with E-state index in [1.54, 1.807) is 24.3 Å².